The van der Waals surface area contributed by atoms with Crippen LogP contribution in [0.1, 0.15) is 30.9 Å². The number of benzene rings is 2. The first-order valence-corrected chi connectivity index (χ1v) is 14.5. The van der Waals surface area contributed by atoms with Crippen LogP contribution in [0, 0.1) is 25.7 Å². The first-order valence-electron chi connectivity index (χ1n) is 12.7. The fourth-order valence-corrected chi connectivity index (χ4v) is 10.0. The monoisotopic (exact) mass is 585 g/mol. The summed E-state index contributed by atoms with van der Waals surface area (Å²) in [5, 5.41) is 16.2. The molecular formula is C28H32BrN3O4S. The number of carbonyl (C=O) groups excluding carboxylic acids is 3. The normalized spacial score (nSPS) is 30.8. The number of aryl methyl sites for hydroxylation is 2. The van der Waals surface area contributed by atoms with E-state index < -0.39 is 28.7 Å². The fraction of sp³-hybridized carbons (Fsp3) is 0.464. The van der Waals surface area contributed by atoms with Gasteiger partial charge in [-0.05, 0) is 49.9 Å². The van der Waals surface area contributed by atoms with Gasteiger partial charge in [0.2, 0.25) is 17.7 Å². The van der Waals surface area contributed by atoms with Crippen molar-refractivity contribution in [2.24, 2.45) is 11.8 Å². The predicted octanol–water partition coefficient (Wildman–Crippen LogP) is 4.12. The van der Waals surface area contributed by atoms with Crippen molar-refractivity contribution in [3.05, 3.63) is 59.7 Å². The van der Waals surface area contributed by atoms with E-state index in [4.69, 9.17) is 0 Å². The van der Waals surface area contributed by atoms with Crippen LogP contribution in [0.25, 0.3) is 0 Å². The molecule has 0 aliphatic carbocycles. The summed E-state index contributed by atoms with van der Waals surface area (Å²) in [6.45, 7) is 5.54. The Balaban J connectivity index is 1.55. The van der Waals surface area contributed by atoms with Crippen LogP contribution in [0.15, 0.2) is 48.5 Å². The van der Waals surface area contributed by atoms with Crippen molar-refractivity contribution in [2.75, 3.05) is 17.2 Å². The molecule has 3 fully saturated rings. The maximum atomic E-state index is 14.1. The Morgan fingerprint density at radius 2 is 1.78 bits per heavy atom. The second-order valence-electron chi connectivity index (χ2n) is 10.3. The van der Waals surface area contributed by atoms with Gasteiger partial charge in [-0.3, -0.25) is 14.4 Å². The molecule has 7 atom stereocenters. The Kier molecular flexibility index (Phi) is 7.15. The van der Waals surface area contributed by atoms with Crippen molar-refractivity contribution in [3.63, 3.8) is 0 Å². The molecule has 0 saturated carbocycles. The highest BCUT2D eigenvalue weighted by molar-refractivity contribution is 9.09. The van der Waals surface area contributed by atoms with Gasteiger partial charge in [-0.25, -0.2) is 0 Å². The average Bonchev–Trinajstić information content (AvgIpc) is 3.47. The van der Waals surface area contributed by atoms with Gasteiger partial charge in [-0.2, -0.15) is 0 Å². The number of nitrogens with zero attached hydrogens (tertiary/aromatic N) is 1. The van der Waals surface area contributed by atoms with Crippen LogP contribution in [-0.4, -0.2) is 61.2 Å². The number of likely N-dealkylation sites (tertiary alicyclic amines) is 1. The van der Waals surface area contributed by atoms with E-state index >= 15 is 0 Å². The van der Waals surface area contributed by atoms with Gasteiger partial charge in [-0.1, -0.05) is 59.3 Å². The maximum Gasteiger partial charge on any atom is 0.248 e. The lowest BCUT2D eigenvalue weighted by Gasteiger charge is -2.37. The summed E-state index contributed by atoms with van der Waals surface area (Å²) in [5.41, 5.74) is 3.29. The van der Waals surface area contributed by atoms with Crippen LogP contribution in [0.3, 0.4) is 0 Å². The van der Waals surface area contributed by atoms with Crippen LogP contribution in [0.4, 0.5) is 11.4 Å². The molecule has 3 aliphatic rings. The van der Waals surface area contributed by atoms with Crippen molar-refractivity contribution in [1.82, 2.24) is 4.90 Å². The van der Waals surface area contributed by atoms with Crippen LogP contribution < -0.4 is 10.6 Å². The first-order chi connectivity index (χ1) is 17.7. The van der Waals surface area contributed by atoms with E-state index in [1.54, 1.807) is 16.7 Å². The molecule has 3 heterocycles. The van der Waals surface area contributed by atoms with Crippen LogP contribution in [0.5, 0.6) is 0 Å². The van der Waals surface area contributed by atoms with Gasteiger partial charge in [0, 0.05) is 21.5 Å². The molecule has 0 radical (unpaired) electrons. The number of rotatable bonds is 7. The Morgan fingerprint density at radius 3 is 2.41 bits per heavy atom. The third kappa shape index (κ3) is 4.19. The van der Waals surface area contributed by atoms with Crippen molar-refractivity contribution in [2.45, 2.75) is 60.5 Å². The van der Waals surface area contributed by atoms with E-state index in [2.05, 4.69) is 26.6 Å². The summed E-state index contributed by atoms with van der Waals surface area (Å²) in [7, 11) is 0. The zero-order chi connectivity index (χ0) is 26.5. The summed E-state index contributed by atoms with van der Waals surface area (Å²) >= 11 is 5.38. The van der Waals surface area contributed by atoms with Crippen LogP contribution in [0.2, 0.25) is 0 Å². The lowest BCUT2D eigenvalue weighted by molar-refractivity contribution is -0.141. The number of aliphatic hydroxyl groups is 1. The number of anilines is 2. The molecule has 3 saturated heterocycles. The number of para-hydroxylation sites is 2. The second-order valence-corrected chi connectivity index (χ2v) is 13.0. The third-order valence-corrected chi connectivity index (χ3v) is 11.3. The zero-order valence-electron chi connectivity index (χ0n) is 21.1. The summed E-state index contributed by atoms with van der Waals surface area (Å²) in [6, 6.07) is 13.7. The number of thioether (sulfide) groups is 1. The van der Waals surface area contributed by atoms with Crippen molar-refractivity contribution in [1.29, 1.82) is 0 Å². The van der Waals surface area contributed by atoms with Crippen LogP contribution >= 0.6 is 27.7 Å². The van der Waals surface area contributed by atoms with Crippen molar-refractivity contribution in [3.8, 4) is 0 Å². The average molecular weight is 587 g/mol. The molecule has 2 bridgehead atoms. The number of amides is 3. The quantitative estimate of drug-likeness (QED) is 0.425. The molecule has 1 spiro atoms. The van der Waals surface area contributed by atoms with Gasteiger partial charge in [0.05, 0.1) is 29.2 Å². The maximum absolute atomic E-state index is 14.1. The molecule has 3 N–H and O–H groups in total. The van der Waals surface area contributed by atoms with E-state index in [0.717, 1.165) is 16.8 Å². The largest absolute Gasteiger partial charge is 0.394 e. The second kappa shape index (κ2) is 10.1. The van der Waals surface area contributed by atoms with Crippen LogP contribution in [-0.2, 0) is 14.4 Å². The molecule has 9 heteroatoms. The summed E-state index contributed by atoms with van der Waals surface area (Å²) in [5.74, 6) is -1.93. The lowest BCUT2D eigenvalue weighted by atomic mass is 9.70. The van der Waals surface area contributed by atoms with Gasteiger partial charge in [0.15, 0.2) is 0 Å². The lowest BCUT2D eigenvalue weighted by Crippen LogP contribution is -2.55. The highest BCUT2D eigenvalue weighted by Crippen LogP contribution is 2.68. The van der Waals surface area contributed by atoms with E-state index in [1.807, 2.05) is 69.3 Å². The Hall–Kier alpha value is -2.36. The molecule has 3 aliphatic heterocycles. The summed E-state index contributed by atoms with van der Waals surface area (Å²) in [4.78, 5) is 43.4. The molecule has 7 nitrogen and oxygen atoms in total. The van der Waals surface area contributed by atoms with E-state index in [0.29, 0.717) is 18.5 Å². The Labute approximate surface area is 229 Å². The standard InChI is InChI=1S/C28H32BrN3O4S/c1-4-18(14-33)32-24(26(35)31-22-15(2)9-8-10-16(22)3)28-13-19(29)23(37-28)20(21(28)27(32)36)25(34)30-17-11-6-5-7-12-17/h5-12,18-21,23-24,33H,4,13-14H2,1-3H3,(H,30,34)(H,31,35)/t18-,19?,20-,21-,23-,24?,28?/m0/s1. The number of carbonyl (C=O) groups is 3. The number of halogens is 1. The molecule has 2 aromatic carbocycles. The Bertz CT molecular complexity index is 1200. The van der Waals surface area contributed by atoms with E-state index in [9.17, 15) is 19.5 Å². The van der Waals surface area contributed by atoms with Gasteiger partial charge in [-0.15, -0.1) is 11.8 Å². The van der Waals surface area contributed by atoms with E-state index in [-0.39, 0.29) is 34.4 Å². The van der Waals surface area contributed by atoms with Gasteiger partial charge in [0.25, 0.3) is 0 Å². The number of nitrogens with one attached hydrogen (secondary N) is 2. The zero-order valence-corrected chi connectivity index (χ0v) is 23.5. The number of hydrogen-bond acceptors (Lipinski definition) is 5. The molecule has 37 heavy (non-hydrogen) atoms. The molecule has 0 aromatic heterocycles. The predicted molar refractivity (Wildman–Crippen MR) is 150 cm³/mol. The number of aliphatic hydroxyl groups excluding tert-OH is 1. The smallest absolute Gasteiger partial charge is 0.248 e. The Morgan fingerprint density at radius 1 is 1.11 bits per heavy atom. The fourth-order valence-electron chi connectivity index (χ4n) is 6.42. The molecule has 3 unspecified atom stereocenters. The minimum absolute atomic E-state index is 0.0160. The molecule has 2 aromatic rings. The third-order valence-electron chi connectivity index (χ3n) is 8.12. The van der Waals surface area contributed by atoms with Crippen molar-refractivity contribution >= 4 is 56.8 Å². The van der Waals surface area contributed by atoms with Crippen molar-refractivity contribution < 1.29 is 19.5 Å². The highest BCUT2D eigenvalue weighted by Gasteiger charge is 2.76. The van der Waals surface area contributed by atoms with Gasteiger partial charge >= 0.3 is 0 Å². The van der Waals surface area contributed by atoms with Gasteiger partial charge < -0.3 is 20.6 Å². The highest BCUT2D eigenvalue weighted by atomic mass is 79.9. The molecular weight excluding hydrogens is 554 g/mol. The number of alkyl halides is 1. The SMILES string of the molecule is CC[C@@H](CO)N1C(=O)[C@@H]2[C@H](C(=O)Nc3ccccc3)[C@H]3SC2(CC3Br)C1C(=O)Nc1c(C)cccc1C. The summed E-state index contributed by atoms with van der Waals surface area (Å²) < 4.78 is -0.766. The minimum Gasteiger partial charge on any atom is -0.394 e. The molecule has 196 valence electrons. The topological polar surface area (TPSA) is 98.7 Å². The minimum atomic E-state index is -0.800. The number of fused-ring (bicyclic) bond motifs is 1. The number of hydrogen-bond donors (Lipinski definition) is 3. The molecule has 5 rings (SSSR count). The van der Waals surface area contributed by atoms with Gasteiger partial charge in [0.1, 0.15) is 6.04 Å². The van der Waals surface area contributed by atoms with E-state index in [1.165, 1.54) is 0 Å². The first kappa shape index (κ1) is 26.3. The summed E-state index contributed by atoms with van der Waals surface area (Å²) in [6.07, 6.45) is 1.10. The molecule has 3 amide bonds.